The summed E-state index contributed by atoms with van der Waals surface area (Å²) in [6, 6.07) is 6.46. The number of aryl methyl sites for hydroxylation is 2. The molecule has 1 aliphatic rings. The lowest BCUT2D eigenvalue weighted by Crippen LogP contribution is -2.03. The highest BCUT2D eigenvalue weighted by Crippen LogP contribution is 2.28. The molecule has 0 atom stereocenters. The number of carboxylic acid groups (broad SMARTS) is 1. The molecule has 1 aromatic heterocycles. The van der Waals surface area contributed by atoms with Crippen LogP contribution in [0.25, 0.3) is 11.4 Å². The van der Waals surface area contributed by atoms with Gasteiger partial charge < -0.3 is 9.67 Å². The molecule has 1 N–H and O–H groups in total. The predicted octanol–water partition coefficient (Wildman–Crippen LogP) is 2.54. The Labute approximate surface area is 127 Å². The van der Waals surface area contributed by atoms with E-state index in [1.165, 1.54) is 35.7 Å². The number of benzene rings is 1. The summed E-state index contributed by atoms with van der Waals surface area (Å²) in [7, 11) is 1.87. The summed E-state index contributed by atoms with van der Waals surface area (Å²) < 4.78 is 1.86. The molecule has 0 spiro atoms. The Kier molecular flexibility index (Phi) is 3.96. The molecular weight excluding hydrogens is 286 g/mol. The van der Waals surface area contributed by atoms with E-state index in [2.05, 4.69) is 28.4 Å². The average molecular weight is 303 g/mol. The van der Waals surface area contributed by atoms with Crippen LogP contribution in [0.2, 0.25) is 0 Å². The van der Waals surface area contributed by atoms with Crippen molar-refractivity contribution in [2.75, 3.05) is 5.75 Å². The molecule has 1 aromatic carbocycles. The third kappa shape index (κ3) is 2.95. The number of hydrogen-bond acceptors (Lipinski definition) is 4. The van der Waals surface area contributed by atoms with Crippen LogP contribution in [-0.4, -0.2) is 31.6 Å². The van der Waals surface area contributed by atoms with Crippen molar-refractivity contribution in [1.82, 2.24) is 14.8 Å². The van der Waals surface area contributed by atoms with E-state index in [9.17, 15) is 4.79 Å². The molecule has 0 saturated heterocycles. The van der Waals surface area contributed by atoms with Crippen LogP contribution in [0.3, 0.4) is 0 Å². The fraction of sp³-hybridized carbons (Fsp3) is 0.400. The number of aromatic nitrogens is 3. The van der Waals surface area contributed by atoms with Crippen molar-refractivity contribution in [3.8, 4) is 11.4 Å². The number of fused-ring (bicyclic) bond motifs is 1. The SMILES string of the molecule is Cn1c(SCC(=O)O)nnc1-c1ccc2c(c1)CCCC2. The summed E-state index contributed by atoms with van der Waals surface area (Å²) in [6.07, 6.45) is 4.80. The maximum Gasteiger partial charge on any atom is 0.313 e. The number of carbonyl (C=O) groups is 1. The third-order valence-corrected chi connectivity index (χ3v) is 4.77. The number of nitrogens with zero attached hydrogens (tertiary/aromatic N) is 3. The highest BCUT2D eigenvalue weighted by molar-refractivity contribution is 7.99. The fourth-order valence-electron chi connectivity index (χ4n) is 2.69. The molecule has 3 rings (SSSR count). The number of rotatable bonds is 4. The number of thioether (sulfide) groups is 1. The second-order valence-electron chi connectivity index (χ2n) is 5.24. The predicted molar refractivity (Wildman–Crippen MR) is 81.4 cm³/mol. The lowest BCUT2D eigenvalue weighted by molar-refractivity contribution is -0.133. The largest absolute Gasteiger partial charge is 0.481 e. The van der Waals surface area contributed by atoms with E-state index in [1.807, 2.05) is 11.6 Å². The minimum absolute atomic E-state index is 0.00381. The monoisotopic (exact) mass is 303 g/mol. The van der Waals surface area contributed by atoms with E-state index in [0.29, 0.717) is 5.16 Å². The molecule has 0 unspecified atom stereocenters. The van der Waals surface area contributed by atoms with Crippen LogP contribution < -0.4 is 0 Å². The Morgan fingerprint density at radius 1 is 1.29 bits per heavy atom. The van der Waals surface area contributed by atoms with E-state index in [4.69, 9.17) is 5.11 Å². The third-order valence-electron chi connectivity index (χ3n) is 3.77. The number of carboxylic acids is 1. The smallest absolute Gasteiger partial charge is 0.313 e. The van der Waals surface area contributed by atoms with Gasteiger partial charge in [-0.15, -0.1) is 10.2 Å². The van der Waals surface area contributed by atoms with Gasteiger partial charge in [-0.25, -0.2) is 0 Å². The maximum atomic E-state index is 10.6. The fourth-order valence-corrected chi connectivity index (χ4v) is 3.32. The van der Waals surface area contributed by atoms with Gasteiger partial charge in [-0.2, -0.15) is 0 Å². The minimum Gasteiger partial charge on any atom is -0.481 e. The van der Waals surface area contributed by atoms with Crippen molar-refractivity contribution in [1.29, 1.82) is 0 Å². The minimum atomic E-state index is -0.849. The summed E-state index contributed by atoms with van der Waals surface area (Å²) in [4.78, 5) is 10.6. The molecule has 0 fully saturated rings. The first kappa shape index (κ1) is 14.1. The molecule has 6 heteroatoms. The van der Waals surface area contributed by atoms with E-state index >= 15 is 0 Å². The molecule has 21 heavy (non-hydrogen) atoms. The van der Waals surface area contributed by atoms with Gasteiger partial charge in [0.2, 0.25) is 0 Å². The van der Waals surface area contributed by atoms with Gasteiger partial charge in [-0.05, 0) is 42.9 Å². The zero-order valence-electron chi connectivity index (χ0n) is 11.9. The second-order valence-corrected chi connectivity index (χ2v) is 6.18. The molecule has 1 heterocycles. The Morgan fingerprint density at radius 3 is 2.81 bits per heavy atom. The van der Waals surface area contributed by atoms with Gasteiger partial charge in [0.05, 0.1) is 5.75 Å². The molecule has 0 bridgehead atoms. The quantitative estimate of drug-likeness (QED) is 0.879. The summed E-state index contributed by atoms with van der Waals surface area (Å²) in [6.45, 7) is 0. The van der Waals surface area contributed by atoms with Crippen LogP contribution in [0.1, 0.15) is 24.0 Å². The number of hydrogen-bond donors (Lipinski definition) is 1. The van der Waals surface area contributed by atoms with Crippen LogP contribution in [0.15, 0.2) is 23.4 Å². The lowest BCUT2D eigenvalue weighted by atomic mass is 9.90. The first-order valence-corrected chi connectivity index (χ1v) is 8.00. The average Bonchev–Trinajstić information content (AvgIpc) is 2.85. The van der Waals surface area contributed by atoms with E-state index in [-0.39, 0.29) is 5.75 Å². The molecule has 110 valence electrons. The maximum absolute atomic E-state index is 10.6. The summed E-state index contributed by atoms with van der Waals surface area (Å²) in [5.41, 5.74) is 3.89. The van der Waals surface area contributed by atoms with Crippen molar-refractivity contribution >= 4 is 17.7 Å². The van der Waals surface area contributed by atoms with Crippen molar-refractivity contribution in [3.05, 3.63) is 29.3 Å². The molecule has 2 aromatic rings. The lowest BCUT2D eigenvalue weighted by Gasteiger charge is -2.16. The molecule has 1 aliphatic carbocycles. The molecule has 0 radical (unpaired) electrons. The summed E-state index contributed by atoms with van der Waals surface area (Å²) in [5.74, 6) is -0.0644. The summed E-state index contributed by atoms with van der Waals surface area (Å²) in [5, 5.41) is 17.7. The Balaban J connectivity index is 1.88. The Morgan fingerprint density at radius 2 is 2.05 bits per heavy atom. The topological polar surface area (TPSA) is 68.0 Å². The van der Waals surface area contributed by atoms with E-state index < -0.39 is 5.97 Å². The second kappa shape index (κ2) is 5.89. The molecule has 0 aliphatic heterocycles. The first-order chi connectivity index (χ1) is 10.1. The zero-order chi connectivity index (χ0) is 14.8. The highest BCUT2D eigenvalue weighted by atomic mass is 32.2. The van der Waals surface area contributed by atoms with Crippen molar-refractivity contribution in [2.45, 2.75) is 30.8 Å². The Bertz CT molecular complexity index is 682. The van der Waals surface area contributed by atoms with Crippen LogP contribution >= 0.6 is 11.8 Å². The van der Waals surface area contributed by atoms with Crippen LogP contribution in [0.5, 0.6) is 0 Å². The molecule has 0 amide bonds. The van der Waals surface area contributed by atoms with Gasteiger partial charge in [-0.3, -0.25) is 4.79 Å². The Hall–Kier alpha value is -1.82. The molecule has 0 saturated carbocycles. The van der Waals surface area contributed by atoms with E-state index in [1.54, 1.807) is 0 Å². The van der Waals surface area contributed by atoms with Gasteiger partial charge in [-0.1, -0.05) is 23.9 Å². The van der Waals surface area contributed by atoms with Crippen LogP contribution in [0, 0.1) is 0 Å². The van der Waals surface area contributed by atoms with Crippen LogP contribution in [0.4, 0.5) is 0 Å². The first-order valence-electron chi connectivity index (χ1n) is 7.01. The number of aliphatic carboxylic acids is 1. The van der Waals surface area contributed by atoms with Gasteiger partial charge >= 0.3 is 5.97 Å². The molecular formula is C15H17N3O2S. The van der Waals surface area contributed by atoms with Crippen molar-refractivity contribution in [2.24, 2.45) is 7.05 Å². The summed E-state index contributed by atoms with van der Waals surface area (Å²) >= 11 is 1.19. The molecule has 5 nitrogen and oxygen atoms in total. The zero-order valence-corrected chi connectivity index (χ0v) is 12.7. The van der Waals surface area contributed by atoms with Crippen molar-refractivity contribution in [3.63, 3.8) is 0 Å². The van der Waals surface area contributed by atoms with Gasteiger partial charge in [0.15, 0.2) is 11.0 Å². The van der Waals surface area contributed by atoms with Gasteiger partial charge in [0, 0.05) is 12.6 Å². The van der Waals surface area contributed by atoms with E-state index in [0.717, 1.165) is 24.2 Å². The normalized spacial score (nSPS) is 14.0. The van der Waals surface area contributed by atoms with Gasteiger partial charge in [0.25, 0.3) is 0 Å². The standard InChI is InChI=1S/C15H17N3O2S/c1-18-14(16-17-15(18)21-9-13(19)20)12-7-6-10-4-2-3-5-11(10)8-12/h6-8H,2-5,9H2,1H3,(H,19,20). The van der Waals surface area contributed by atoms with Gasteiger partial charge in [0.1, 0.15) is 0 Å². The highest BCUT2D eigenvalue weighted by Gasteiger charge is 2.15. The van der Waals surface area contributed by atoms with Crippen molar-refractivity contribution < 1.29 is 9.90 Å². The van der Waals surface area contributed by atoms with Crippen LogP contribution in [-0.2, 0) is 24.7 Å².